The molecule has 0 aliphatic heterocycles. The first-order chi connectivity index (χ1) is 20.3. The number of ether oxygens (including phenoxy) is 2. The predicted molar refractivity (Wildman–Crippen MR) is 169 cm³/mol. The molecule has 0 amide bonds. The highest BCUT2D eigenvalue weighted by Gasteiger charge is 2.65. The largest absolute Gasteiger partial charge is 0.497 e. The Morgan fingerprint density at radius 2 is 1.72 bits per heavy atom. The topological polar surface area (TPSA) is 102 Å². The van der Waals surface area contributed by atoms with Gasteiger partial charge in [-0.15, -0.1) is 0 Å². The van der Waals surface area contributed by atoms with E-state index in [0.29, 0.717) is 41.9 Å². The van der Waals surface area contributed by atoms with Crippen LogP contribution in [0.1, 0.15) is 98.0 Å². The van der Waals surface area contributed by atoms with Crippen molar-refractivity contribution < 1.29 is 27.8 Å². The number of hydrogen-bond acceptors (Lipinski definition) is 6. The zero-order chi connectivity index (χ0) is 31.2. The van der Waals surface area contributed by atoms with E-state index in [0.717, 1.165) is 62.7 Å². The minimum absolute atomic E-state index is 0.0269. The van der Waals surface area contributed by atoms with Crippen molar-refractivity contribution in [3.05, 3.63) is 29.8 Å². The van der Waals surface area contributed by atoms with Crippen LogP contribution in [0.25, 0.3) is 0 Å². The van der Waals surface area contributed by atoms with Crippen LogP contribution in [0, 0.1) is 52.3 Å². The first-order valence-corrected chi connectivity index (χ1v) is 18.4. The molecular weight excluding hydrogens is 562 g/mol. The summed E-state index contributed by atoms with van der Waals surface area (Å²) in [5.74, 6) is 3.32. The fourth-order valence-electron chi connectivity index (χ4n) is 10.8. The van der Waals surface area contributed by atoms with Gasteiger partial charge in [0, 0.05) is 13.5 Å². The number of carbonyl (C=O) groups excluding carboxylic acids is 1. The number of sulfonamides is 1. The number of benzene rings is 1. The van der Waals surface area contributed by atoms with Gasteiger partial charge in [-0.2, -0.15) is 0 Å². The molecule has 0 aromatic heterocycles. The number of methoxy groups -OCH3 is 1. The van der Waals surface area contributed by atoms with Gasteiger partial charge in [-0.1, -0.05) is 46.2 Å². The molecule has 0 unspecified atom stereocenters. The lowest BCUT2D eigenvalue weighted by molar-refractivity contribution is -0.207. The Kier molecular flexibility index (Phi) is 9.62. The van der Waals surface area contributed by atoms with E-state index in [1.165, 1.54) is 6.92 Å². The van der Waals surface area contributed by atoms with Gasteiger partial charge in [0.2, 0.25) is 10.0 Å². The molecule has 242 valence electrons. The average Bonchev–Trinajstić information content (AvgIpc) is 3.33. The Labute approximate surface area is 259 Å². The van der Waals surface area contributed by atoms with E-state index in [9.17, 15) is 18.3 Å². The van der Waals surface area contributed by atoms with E-state index in [4.69, 9.17) is 9.47 Å². The lowest BCUT2D eigenvalue weighted by Gasteiger charge is -2.64. The molecule has 7 nitrogen and oxygen atoms in total. The third-order valence-corrected chi connectivity index (χ3v) is 14.3. The van der Waals surface area contributed by atoms with Gasteiger partial charge in [-0.05, 0) is 121 Å². The van der Waals surface area contributed by atoms with Crippen LogP contribution in [0.2, 0.25) is 0 Å². The normalized spacial score (nSPS) is 39.7. The molecule has 0 spiro atoms. The second-order valence-corrected chi connectivity index (χ2v) is 16.9. The number of esters is 1. The molecular formula is C35H55NO6S. The summed E-state index contributed by atoms with van der Waals surface area (Å²) in [6.45, 7) is 11.2. The van der Waals surface area contributed by atoms with Crippen molar-refractivity contribution in [1.29, 1.82) is 0 Å². The maximum atomic E-state index is 13.0. The molecule has 4 aliphatic carbocycles. The van der Waals surface area contributed by atoms with Gasteiger partial charge < -0.3 is 14.6 Å². The van der Waals surface area contributed by atoms with Crippen molar-refractivity contribution in [2.45, 2.75) is 111 Å². The lowest BCUT2D eigenvalue weighted by Crippen LogP contribution is -2.62. The molecule has 1 aromatic carbocycles. The minimum atomic E-state index is -3.39. The van der Waals surface area contributed by atoms with E-state index in [2.05, 4.69) is 32.4 Å². The number of carbonyl (C=O) groups is 1. The number of nitrogens with one attached hydrogen (secondary N) is 1. The maximum Gasteiger partial charge on any atom is 0.302 e. The van der Waals surface area contributed by atoms with Crippen LogP contribution < -0.4 is 9.46 Å². The summed E-state index contributed by atoms with van der Waals surface area (Å²) < 4.78 is 39.6. The molecule has 4 fully saturated rings. The number of rotatable bonds is 10. The van der Waals surface area contributed by atoms with Gasteiger partial charge in [-0.3, -0.25) is 4.79 Å². The van der Waals surface area contributed by atoms with E-state index in [-0.39, 0.29) is 47.2 Å². The quantitative estimate of drug-likeness (QED) is 0.297. The third-order valence-electron chi connectivity index (χ3n) is 13.0. The molecule has 43 heavy (non-hydrogen) atoms. The zero-order valence-electron chi connectivity index (χ0n) is 27.2. The van der Waals surface area contributed by atoms with Crippen molar-refractivity contribution in [3.63, 3.8) is 0 Å². The number of aliphatic hydroxyl groups is 1. The Bertz CT molecular complexity index is 1240. The molecule has 8 heteroatoms. The molecule has 5 rings (SSSR count). The van der Waals surface area contributed by atoms with Gasteiger partial charge in [0.15, 0.2) is 0 Å². The smallest absolute Gasteiger partial charge is 0.302 e. The van der Waals surface area contributed by atoms with Gasteiger partial charge in [0.1, 0.15) is 11.9 Å². The van der Waals surface area contributed by atoms with Crippen molar-refractivity contribution in [2.24, 2.45) is 52.3 Å². The highest BCUT2D eigenvalue weighted by molar-refractivity contribution is 7.89. The van der Waals surface area contributed by atoms with Gasteiger partial charge in [-0.25, -0.2) is 13.1 Å². The highest BCUT2D eigenvalue weighted by atomic mass is 32.2. The standard InChI is InChI=1S/C35H55NO6S/c1-7-27-31-20-26(42-23(3)37)14-17-35(31,5)30-15-18-34(4)28(12-13-29(34)32(30)33(27)38)22(2)16-19-43(39,40)36-21-24-8-10-25(41-6)11-9-24/h8-11,22,26-33,36,38H,7,12-21H2,1-6H3/t22-,26-,27-,28-,29+,30+,31+,32+,33-,34-,35-/m1/s1. The second kappa shape index (κ2) is 12.6. The molecule has 4 aliphatic rings. The second-order valence-electron chi connectivity index (χ2n) is 15.0. The van der Waals surface area contributed by atoms with Crippen molar-refractivity contribution in [2.75, 3.05) is 12.9 Å². The number of aliphatic hydroxyl groups excluding tert-OH is 1. The van der Waals surface area contributed by atoms with E-state index in [1.807, 2.05) is 24.3 Å². The van der Waals surface area contributed by atoms with Crippen LogP contribution >= 0.6 is 0 Å². The fourth-order valence-corrected chi connectivity index (χ4v) is 12.0. The number of hydrogen-bond donors (Lipinski definition) is 2. The Morgan fingerprint density at radius 3 is 2.37 bits per heavy atom. The molecule has 2 N–H and O–H groups in total. The van der Waals surface area contributed by atoms with Crippen LogP contribution in [0.5, 0.6) is 5.75 Å². The summed E-state index contributed by atoms with van der Waals surface area (Å²) in [5.41, 5.74) is 1.20. The lowest BCUT2D eigenvalue weighted by atomic mass is 9.41. The van der Waals surface area contributed by atoms with Crippen LogP contribution in [0.3, 0.4) is 0 Å². The molecule has 4 saturated carbocycles. The Hall–Kier alpha value is -1.64. The van der Waals surface area contributed by atoms with Crippen LogP contribution in [0.4, 0.5) is 0 Å². The average molecular weight is 618 g/mol. The van der Waals surface area contributed by atoms with Crippen LogP contribution in [-0.4, -0.2) is 44.6 Å². The minimum Gasteiger partial charge on any atom is -0.497 e. The number of fused-ring (bicyclic) bond motifs is 5. The van der Waals surface area contributed by atoms with Crippen molar-refractivity contribution in [3.8, 4) is 5.75 Å². The summed E-state index contributed by atoms with van der Waals surface area (Å²) in [5, 5.41) is 12.1. The maximum absolute atomic E-state index is 13.0. The summed E-state index contributed by atoms with van der Waals surface area (Å²) >= 11 is 0. The van der Waals surface area contributed by atoms with Crippen LogP contribution in [-0.2, 0) is 26.1 Å². The predicted octanol–water partition coefficient (Wildman–Crippen LogP) is 6.34. The fraction of sp³-hybridized carbons (Fsp3) is 0.800. The monoisotopic (exact) mass is 617 g/mol. The summed E-state index contributed by atoms with van der Waals surface area (Å²) in [6, 6.07) is 7.46. The summed E-state index contributed by atoms with van der Waals surface area (Å²) in [4.78, 5) is 11.7. The molecule has 0 radical (unpaired) electrons. The SMILES string of the molecule is CC[C@H]1[C@@H](O)[C@@H]2[C@H](CC[C@]3(C)[C@@H]([C@H](C)CCS(=O)(=O)NCc4ccc(OC)cc4)CC[C@@H]23)[C@@]2(C)CC[C@@H](OC(C)=O)C[C@@H]12. The Morgan fingerprint density at radius 1 is 1.05 bits per heavy atom. The van der Waals surface area contributed by atoms with Crippen molar-refractivity contribution in [1.82, 2.24) is 4.72 Å². The molecule has 0 heterocycles. The molecule has 0 saturated heterocycles. The van der Waals surface area contributed by atoms with Gasteiger partial charge >= 0.3 is 5.97 Å². The van der Waals surface area contributed by atoms with E-state index >= 15 is 0 Å². The van der Waals surface area contributed by atoms with E-state index in [1.54, 1.807) is 7.11 Å². The third kappa shape index (κ3) is 6.27. The highest BCUT2D eigenvalue weighted by Crippen LogP contribution is 2.69. The molecule has 11 atom stereocenters. The first kappa shape index (κ1) is 32.7. The van der Waals surface area contributed by atoms with E-state index < -0.39 is 10.0 Å². The van der Waals surface area contributed by atoms with Crippen molar-refractivity contribution >= 4 is 16.0 Å². The zero-order valence-corrected chi connectivity index (χ0v) is 28.0. The summed E-state index contributed by atoms with van der Waals surface area (Å²) in [6.07, 6.45) is 8.61. The molecule has 0 bridgehead atoms. The van der Waals surface area contributed by atoms with Crippen LogP contribution in [0.15, 0.2) is 24.3 Å². The van der Waals surface area contributed by atoms with Gasteiger partial charge in [0.25, 0.3) is 0 Å². The van der Waals surface area contributed by atoms with Gasteiger partial charge in [0.05, 0.1) is 19.0 Å². The first-order valence-electron chi connectivity index (χ1n) is 16.8. The Balaban J connectivity index is 1.25. The molecule has 1 aromatic rings. The summed E-state index contributed by atoms with van der Waals surface area (Å²) in [7, 11) is -1.78.